The highest BCUT2D eigenvalue weighted by Crippen LogP contribution is 2.24. The second-order valence-electron chi connectivity index (χ2n) is 4.37. The Morgan fingerprint density at radius 1 is 1.05 bits per heavy atom. The van der Waals surface area contributed by atoms with Crippen LogP contribution in [0.25, 0.3) is 10.9 Å². The number of carbonyl (C=O) groups is 1. The third kappa shape index (κ3) is 2.53. The molecule has 1 heterocycles. The average molecular weight is 279 g/mol. The summed E-state index contributed by atoms with van der Waals surface area (Å²) in [5.41, 5.74) is 1.42. The van der Waals surface area contributed by atoms with Crippen molar-refractivity contribution in [1.29, 1.82) is 0 Å². The third-order valence-electron chi connectivity index (χ3n) is 3.05. The zero-order valence-electron chi connectivity index (χ0n) is 11.4. The van der Waals surface area contributed by atoms with Gasteiger partial charge in [0.05, 0.1) is 18.3 Å². The zero-order valence-corrected chi connectivity index (χ0v) is 11.4. The standard InChI is InChI=1S/C16H13N3O2/c1-21-16(20)19(13-8-3-2-4-9-13)15-17-11-12-7-5-6-10-14(12)18-15/h2-11H,1H3. The maximum absolute atomic E-state index is 12.1. The van der Waals surface area contributed by atoms with Crippen LogP contribution in [0.15, 0.2) is 60.8 Å². The van der Waals surface area contributed by atoms with Crippen LogP contribution < -0.4 is 4.90 Å². The normalized spacial score (nSPS) is 10.3. The highest BCUT2D eigenvalue weighted by Gasteiger charge is 2.21. The van der Waals surface area contributed by atoms with Crippen molar-refractivity contribution in [3.05, 3.63) is 60.8 Å². The Morgan fingerprint density at radius 3 is 2.52 bits per heavy atom. The van der Waals surface area contributed by atoms with E-state index in [1.807, 2.05) is 42.5 Å². The number of rotatable bonds is 2. The Balaban J connectivity index is 2.12. The molecule has 1 aromatic heterocycles. The number of nitrogens with zero attached hydrogens (tertiary/aromatic N) is 3. The molecule has 5 heteroatoms. The van der Waals surface area contributed by atoms with Crippen LogP contribution in [0.3, 0.4) is 0 Å². The molecule has 1 amide bonds. The number of para-hydroxylation sites is 2. The molecule has 0 saturated heterocycles. The quantitative estimate of drug-likeness (QED) is 0.720. The monoisotopic (exact) mass is 279 g/mol. The molecule has 3 rings (SSSR count). The molecule has 0 atom stereocenters. The van der Waals surface area contributed by atoms with Gasteiger partial charge in [0.1, 0.15) is 0 Å². The van der Waals surface area contributed by atoms with Gasteiger partial charge in [0.25, 0.3) is 0 Å². The molecule has 0 unspecified atom stereocenters. The number of ether oxygens (including phenoxy) is 1. The first-order valence-electron chi connectivity index (χ1n) is 6.44. The molecule has 21 heavy (non-hydrogen) atoms. The molecule has 0 saturated carbocycles. The Hall–Kier alpha value is -2.95. The lowest BCUT2D eigenvalue weighted by molar-refractivity contribution is 0.181. The summed E-state index contributed by atoms with van der Waals surface area (Å²) >= 11 is 0. The van der Waals surface area contributed by atoms with Crippen LogP contribution in [-0.2, 0) is 4.74 Å². The minimum Gasteiger partial charge on any atom is -0.452 e. The minimum absolute atomic E-state index is 0.284. The van der Waals surface area contributed by atoms with Gasteiger partial charge in [-0.3, -0.25) is 0 Å². The number of aromatic nitrogens is 2. The van der Waals surface area contributed by atoms with E-state index in [0.29, 0.717) is 5.69 Å². The number of methoxy groups -OCH3 is 1. The van der Waals surface area contributed by atoms with E-state index in [2.05, 4.69) is 9.97 Å². The van der Waals surface area contributed by atoms with Gasteiger partial charge in [0.2, 0.25) is 5.95 Å². The fraction of sp³-hybridized carbons (Fsp3) is 0.0625. The fourth-order valence-corrected chi connectivity index (χ4v) is 2.04. The third-order valence-corrected chi connectivity index (χ3v) is 3.05. The van der Waals surface area contributed by atoms with Gasteiger partial charge in [-0.2, -0.15) is 0 Å². The number of anilines is 2. The van der Waals surface area contributed by atoms with Crippen LogP contribution in [0.4, 0.5) is 16.4 Å². The molecule has 3 aromatic rings. The van der Waals surface area contributed by atoms with Crippen LogP contribution in [-0.4, -0.2) is 23.2 Å². The molecular formula is C16H13N3O2. The van der Waals surface area contributed by atoms with Crippen LogP contribution >= 0.6 is 0 Å². The molecule has 2 aromatic carbocycles. The second-order valence-corrected chi connectivity index (χ2v) is 4.37. The van der Waals surface area contributed by atoms with E-state index in [1.54, 1.807) is 18.3 Å². The van der Waals surface area contributed by atoms with Gasteiger partial charge in [-0.15, -0.1) is 0 Å². The minimum atomic E-state index is -0.531. The second kappa shape index (κ2) is 5.58. The largest absolute Gasteiger partial charge is 0.452 e. The van der Waals surface area contributed by atoms with Gasteiger partial charge in [0.15, 0.2) is 0 Å². The summed E-state index contributed by atoms with van der Waals surface area (Å²) in [6.07, 6.45) is 1.16. The molecule has 0 aliphatic carbocycles. The summed E-state index contributed by atoms with van der Waals surface area (Å²) in [6, 6.07) is 16.8. The zero-order chi connectivity index (χ0) is 14.7. The van der Waals surface area contributed by atoms with Gasteiger partial charge in [-0.25, -0.2) is 19.7 Å². The lowest BCUT2D eigenvalue weighted by Gasteiger charge is -2.19. The van der Waals surface area contributed by atoms with Crippen molar-refractivity contribution in [3.8, 4) is 0 Å². The summed E-state index contributed by atoms with van der Waals surface area (Å²) in [5, 5.41) is 0.916. The fourth-order valence-electron chi connectivity index (χ4n) is 2.04. The summed E-state index contributed by atoms with van der Waals surface area (Å²) in [5.74, 6) is 0.284. The molecule has 0 bridgehead atoms. The van der Waals surface area contributed by atoms with Crippen LogP contribution in [0.2, 0.25) is 0 Å². The number of benzene rings is 2. The highest BCUT2D eigenvalue weighted by atomic mass is 16.5. The van der Waals surface area contributed by atoms with Gasteiger partial charge in [0, 0.05) is 11.6 Å². The van der Waals surface area contributed by atoms with E-state index >= 15 is 0 Å². The van der Waals surface area contributed by atoms with Crippen molar-refractivity contribution < 1.29 is 9.53 Å². The topological polar surface area (TPSA) is 55.3 Å². The molecule has 5 nitrogen and oxygen atoms in total. The Kier molecular flexibility index (Phi) is 3.47. The molecule has 0 radical (unpaired) electrons. The van der Waals surface area contributed by atoms with Gasteiger partial charge in [-0.1, -0.05) is 36.4 Å². The molecule has 0 fully saturated rings. The van der Waals surface area contributed by atoms with E-state index in [-0.39, 0.29) is 5.95 Å². The van der Waals surface area contributed by atoms with E-state index in [0.717, 1.165) is 10.9 Å². The summed E-state index contributed by atoms with van der Waals surface area (Å²) < 4.78 is 4.84. The van der Waals surface area contributed by atoms with Crippen LogP contribution in [0.1, 0.15) is 0 Å². The van der Waals surface area contributed by atoms with Gasteiger partial charge in [-0.05, 0) is 18.2 Å². The predicted molar refractivity (Wildman–Crippen MR) is 80.5 cm³/mol. The first-order valence-corrected chi connectivity index (χ1v) is 6.44. The van der Waals surface area contributed by atoms with E-state index in [1.165, 1.54) is 12.0 Å². The van der Waals surface area contributed by atoms with Gasteiger partial charge >= 0.3 is 6.09 Å². The first-order chi connectivity index (χ1) is 10.3. The van der Waals surface area contributed by atoms with Crippen molar-refractivity contribution >= 4 is 28.6 Å². The summed E-state index contributed by atoms with van der Waals surface area (Å²) in [4.78, 5) is 22.1. The Morgan fingerprint density at radius 2 is 1.76 bits per heavy atom. The smallest absolute Gasteiger partial charge is 0.421 e. The number of hydrogen-bond donors (Lipinski definition) is 0. The number of hydrogen-bond acceptors (Lipinski definition) is 4. The molecule has 0 N–H and O–H groups in total. The molecule has 104 valence electrons. The number of carbonyl (C=O) groups excluding carboxylic acids is 1. The van der Waals surface area contributed by atoms with E-state index in [9.17, 15) is 4.79 Å². The van der Waals surface area contributed by atoms with E-state index in [4.69, 9.17) is 4.74 Å². The maximum atomic E-state index is 12.1. The van der Waals surface area contributed by atoms with Crippen LogP contribution in [0.5, 0.6) is 0 Å². The molecule has 0 aliphatic heterocycles. The number of amides is 1. The first kappa shape index (κ1) is 13.1. The lowest BCUT2D eigenvalue weighted by atomic mass is 10.2. The van der Waals surface area contributed by atoms with Crippen molar-refractivity contribution in [2.75, 3.05) is 12.0 Å². The van der Waals surface area contributed by atoms with Crippen molar-refractivity contribution in [3.63, 3.8) is 0 Å². The van der Waals surface area contributed by atoms with Crippen molar-refractivity contribution in [2.45, 2.75) is 0 Å². The molecular weight excluding hydrogens is 266 g/mol. The molecule has 0 aliphatic rings. The average Bonchev–Trinajstić information content (AvgIpc) is 2.56. The SMILES string of the molecule is COC(=O)N(c1ccccc1)c1ncc2ccccc2n1. The molecule has 0 spiro atoms. The maximum Gasteiger partial charge on any atom is 0.421 e. The predicted octanol–water partition coefficient (Wildman–Crippen LogP) is 3.53. The summed E-state index contributed by atoms with van der Waals surface area (Å²) in [7, 11) is 1.33. The lowest BCUT2D eigenvalue weighted by Crippen LogP contribution is -2.27. The summed E-state index contributed by atoms with van der Waals surface area (Å²) in [6.45, 7) is 0. The van der Waals surface area contributed by atoms with Gasteiger partial charge < -0.3 is 4.74 Å². The van der Waals surface area contributed by atoms with Crippen molar-refractivity contribution in [1.82, 2.24) is 9.97 Å². The van der Waals surface area contributed by atoms with E-state index < -0.39 is 6.09 Å². The Labute approximate surface area is 121 Å². The van der Waals surface area contributed by atoms with Crippen LogP contribution in [0, 0.1) is 0 Å². The highest BCUT2D eigenvalue weighted by molar-refractivity contribution is 5.94. The van der Waals surface area contributed by atoms with Crippen molar-refractivity contribution in [2.24, 2.45) is 0 Å². The number of fused-ring (bicyclic) bond motifs is 1. The Bertz CT molecular complexity index is 775.